The molecule has 7 heteroatoms. The Balaban J connectivity index is 1.32. The van der Waals surface area contributed by atoms with Crippen LogP contribution in [0.2, 0.25) is 0 Å². The van der Waals surface area contributed by atoms with Crippen molar-refractivity contribution >= 4 is 28.7 Å². The second kappa shape index (κ2) is 6.56. The Bertz CT molecular complexity index is 948. The summed E-state index contributed by atoms with van der Waals surface area (Å²) in [6.07, 6.45) is 3.47. The Kier molecular flexibility index (Phi) is 3.96. The number of fused-ring (bicyclic) bond motifs is 2. The maximum Gasteiger partial charge on any atom is 0.259 e. The minimum atomic E-state index is -0.242. The van der Waals surface area contributed by atoms with Gasteiger partial charge in [0.25, 0.3) is 5.91 Å². The average Bonchev–Trinajstić information content (AvgIpc) is 3.26. The molecule has 1 amide bonds. The van der Waals surface area contributed by atoms with Gasteiger partial charge in [-0.05, 0) is 18.2 Å². The van der Waals surface area contributed by atoms with E-state index in [0.717, 1.165) is 22.2 Å². The molecule has 0 aliphatic carbocycles. The van der Waals surface area contributed by atoms with Crippen LogP contribution < -0.4 is 20.2 Å². The third-order valence-corrected chi connectivity index (χ3v) is 3.84. The zero-order valence-corrected chi connectivity index (χ0v) is 13.3. The van der Waals surface area contributed by atoms with Gasteiger partial charge in [-0.3, -0.25) is 4.79 Å². The van der Waals surface area contributed by atoms with Crippen molar-refractivity contribution in [2.75, 3.05) is 18.7 Å². The lowest BCUT2D eigenvalue weighted by Gasteiger charge is -2.06. The molecule has 4 rings (SSSR count). The van der Waals surface area contributed by atoms with Gasteiger partial charge in [-0.1, -0.05) is 18.2 Å². The highest BCUT2D eigenvalue weighted by Gasteiger charge is 2.13. The van der Waals surface area contributed by atoms with Gasteiger partial charge in [-0.25, -0.2) is 5.43 Å². The number of benzene rings is 2. The van der Waals surface area contributed by atoms with E-state index in [1.807, 2.05) is 36.5 Å². The van der Waals surface area contributed by atoms with Crippen molar-refractivity contribution < 1.29 is 14.3 Å². The van der Waals surface area contributed by atoms with E-state index in [2.05, 4.69) is 20.8 Å². The van der Waals surface area contributed by atoms with Gasteiger partial charge in [0.05, 0.1) is 12.8 Å². The smallest absolute Gasteiger partial charge is 0.259 e. The zero-order chi connectivity index (χ0) is 17.1. The fraction of sp³-hybridized carbons (Fsp3) is 0.111. The van der Waals surface area contributed by atoms with Gasteiger partial charge < -0.3 is 19.8 Å². The molecular formula is C18H16N4O3. The third-order valence-electron chi connectivity index (χ3n) is 3.84. The number of ether oxygens (including phenoxy) is 2. The molecule has 126 valence electrons. The first-order chi connectivity index (χ1) is 12.3. The van der Waals surface area contributed by atoms with E-state index in [1.165, 1.54) is 0 Å². The monoisotopic (exact) mass is 336 g/mol. The summed E-state index contributed by atoms with van der Waals surface area (Å²) >= 11 is 0. The highest BCUT2D eigenvalue weighted by molar-refractivity contribution is 5.99. The number of hydrazone groups is 1. The topological polar surface area (TPSA) is 87.7 Å². The number of H-pyrrole nitrogens is 1. The predicted octanol–water partition coefficient (Wildman–Crippen LogP) is 2.46. The van der Waals surface area contributed by atoms with Crippen LogP contribution >= 0.6 is 0 Å². The molecule has 2 heterocycles. The predicted molar refractivity (Wildman–Crippen MR) is 95.1 cm³/mol. The normalized spacial score (nSPS) is 12.6. The standard InChI is InChI=1S/C18H16N4O3/c23-18(10-19-13-5-6-16-17(7-13)25-11-24-16)22-21-9-12-8-20-15-4-2-1-3-14(12)15/h1-9,19-20H,10-11H2,(H,22,23)/b21-9+. The molecule has 0 fully saturated rings. The minimum Gasteiger partial charge on any atom is -0.454 e. The van der Waals surface area contributed by atoms with Crippen molar-refractivity contribution in [3.8, 4) is 11.5 Å². The van der Waals surface area contributed by atoms with Crippen LogP contribution in [0.25, 0.3) is 10.9 Å². The van der Waals surface area contributed by atoms with Crippen molar-refractivity contribution in [2.24, 2.45) is 5.10 Å². The SMILES string of the molecule is O=C(CNc1ccc2c(c1)OCO2)N/N=C/c1c[nH]c2ccccc12. The molecular weight excluding hydrogens is 320 g/mol. The summed E-state index contributed by atoms with van der Waals surface area (Å²) in [6.45, 7) is 0.326. The molecule has 25 heavy (non-hydrogen) atoms. The molecule has 0 atom stereocenters. The van der Waals surface area contributed by atoms with E-state index in [-0.39, 0.29) is 19.2 Å². The number of amides is 1. The fourth-order valence-electron chi connectivity index (χ4n) is 2.60. The molecule has 1 aliphatic heterocycles. The van der Waals surface area contributed by atoms with Gasteiger partial charge >= 0.3 is 0 Å². The number of nitrogens with zero attached hydrogens (tertiary/aromatic N) is 1. The summed E-state index contributed by atoms with van der Waals surface area (Å²) < 4.78 is 10.5. The molecule has 0 spiro atoms. The Morgan fingerprint density at radius 3 is 3.04 bits per heavy atom. The van der Waals surface area contributed by atoms with Gasteiger partial charge in [0.1, 0.15) is 0 Å². The van der Waals surface area contributed by atoms with Crippen LogP contribution in [0.5, 0.6) is 11.5 Å². The number of hydrogen-bond donors (Lipinski definition) is 3. The summed E-state index contributed by atoms with van der Waals surface area (Å²) in [6, 6.07) is 13.3. The number of aromatic amines is 1. The molecule has 0 saturated carbocycles. The van der Waals surface area contributed by atoms with Crippen molar-refractivity contribution in [2.45, 2.75) is 0 Å². The van der Waals surface area contributed by atoms with E-state index < -0.39 is 0 Å². The summed E-state index contributed by atoms with van der Waals surface area (Å²) in [5.41, 5.74) is 5.23. The quantitative estimate of drug-likeness (QED) is 0.493. The number of rotatable bonds is 5. The lowest BCUT2D eigenvalue weighted by Crippen LogP contribution is -2.25. The summed E-state index contributed by atoms with van der Waals surface area (Å²) in [5, 5.41) is 8.08. The van der Waals surface area contributed by atoms with E-state index in [4.69, 9.17) is 9.47 Å². The van der Waals surface area contributed by atoms with E-state index in [1.54, 1.807) is 18.3 Å². The molecule has 2 aromatic carbocycles. The molecule has 7 nitrogen and oxygen atoms in total. The Morgan fingerprint density at radius 2 is 2.08 bits per heavy atom. The summed E-state index contributed by atoms with van der Waals surface area (Å²) in [7, 11) is 0. The fourth-order valence-corrected chi connectivity index (χ4v) is 2.60. The number of nitrogens with one attached hydrogen (secondary N) is 3. The van der Waals surface area contributed by atoms with Gasteiger partial charge in [-0.15, -0.1) is 0 Å². The van der Waals surface area contributed by atoms with Crippen molar-refractivity contribution in [3.05, 3.63) is 54.2 Å². The lowest BCUT2D eigenvalue weighted by atomic mass is 10.2. The van der Waals surface area contributed by atoms with Gasteiger partial charge in [0, 0.05) is 34.4 Å². The largest absolute Gasteiger partial charge is 0.454 e. The highest BCUT2D eigenvalue weighted by atomic mass is 16.7. The van der Waals surface area contributed by atoms with E-state index in [9.17, 15) is 4.79 Å². The number of aromatic nitrogens is 1. The first kappa shape index (κ1) is 15.1. The molecule has 3 N–H and O–H groups in total. The lowest BCUT2D eigenvalue weighted by molar-refractivity contribution is -0.119. The highest BCUT2D eigenvalue weighted by Crippen LogP contribution is 2.34. The molecule has 0 radical (unpaired) electrons. The van der Waals surface area contributed by atoms with Crippen LogP contribution in [0, 0.1) is 0 Å². The number of carbonyl (C=O) groups excluding carboxylic acids is 1. The van der Waals surface area contributed by atoms with Crippen LogP contribution in [0.1, 0.15) is 5.56 Å². The van der Waals surface area contributed by atoms with Gasteiger partial charge in [0.2, 0.25) is 6.79 Å². The molecule has 0 unspecified atom stereocenters. The Morgan fingerprint density at radius 1 is 1.20 bits per heavy atom. The third kappa shape index (κ3) is 3.25. The van der Waals surface area contributed by atoms with E-state index >= 15 is 0 Å². The average molecular weight is 336 g/mol. The summed E-state index contributed by atoms with van der Waals surface area (Å²) in [5.74, 6) is 1.13. The second-order valence-corrected chi connectivity index (χ2v) is 5.50. The first-order valence-electron chi connectivity index (χ1n) is 7.81. The van der Waals surface area contributed by atoms with E-state index in [0.29, 0.717) is 11.5 Å². The molecule has 3 aromatic rings. The number of carbonyl (C=O) groups is 1. The molecule has 1 aromatic heterocycles. The van der Waals surface area contributed by atoms with Crippen molar-refractivity contribution in [1.29, 1.82) is 0 Å². The van der Waals surface area contributed by atoms with Crippen molar-refractivity contribution in [1.82, 2.24) is 10.4 Å². The second-order valence-electron chi connectivity index (χ2n) is 5.50. The number of para-hydroxylation sites is 1. The van der Waals surface area contributed by atoms with Crippen LogP contribution in [-0.2, 0) is 4.79 Å². The molecule has 0 saturated heterocycles. The van der Waals surface area contributed by atoms with Crippen LogP contribution in [0.3, 0.4) is 0 Å². The minimum absolute atomic E-state index is 0.102. The number of anilines is 1. The molecule has 1 aliphatic rings. The van der Waals surface area contributed by atoms with Crippen LogP contribution in [-0.4, -0.2) is 30.4 Å². The maximum absolute atomic E-state index is 11.9. The van der Waals surface area contributed by atoms with Gasteiger partial charge in [0.15, 0.2) is 11.5 Å². The van der Waals surface area contributed by atoms with Crippen LogP contribution in [0.4, 0.5) is 5.69 Å². The van der Waals surface area contributed by atoms with Crippen molar-refractivity contribution in [3.63, 3.8) is 0 Å². The molecule has 0 bridgehead atoms. The zero-order valence-electron chi connectivity index (χ0n) is 13.3. The Hall–Kier alpha value is -3.48. The number of hydrogen-bond acceptors (Lipinski definition) is 5. The first-order valence-corrected chi connectivity index (χ1v) is 7.81. The Labute approximate surface area is 143 Å². The summed E-state index contributed by atoms with van der Waals surface area (Å²) in [4.78, 5) is 15.0. The maximum atomic E-state index is 11.9. The van der Waals surface area contributed by atoms with Crippen LogP contribution in [0.15, 0.2) is 53.8 Å². The van der Waals surface area contributed by atoms with Gasteiger partial charge in [-0.2, -0.15) is 5.10 Å².